The molecule has 3 N–H and O–H groups in total. The number of methoxy groups -OCH3 is 1. The Bertz CT molecular complexity index is 386. The molecule has 0 fully saturated rings. The molecule has 0 heterocycles. The Hall–Kier alpha value is -1.26. The molecule has 0 saturated carbocycles. The third-order valence-corrected chi connectivity index (χ3v) is 2.76. The van der Waals surface area contributed by atoms with Crippen molar-refractivity contribution in [3.05, 3.63) is 23.8 Å². The minimum absolute atomic E-state index is 0.613. The van der Waals surface area contributed by atoms with E-state index in [1.807, 2.05) is 32.0 Å². The quantitative estimate of drug-likeness (QED) is 0.759. The Kier molecular flexibility index (Phi) is 4.99. The molecule has 0 aliphatic heterocycles. The van der Waals surface area contributed by atoms with E-state index in [9.17, 15) is 5.11 Å². The van der Waals surface area contributed by atoms with Crippen LogP contribution in [-0.2, 0) is 6.54 Å². The number of nitrogens with zero attached hydrogens (tertiary/aromatic N) is 1. The van der Waals surface area contributed by atoms with Gasteiger partial charge in [-0.2, -0.15) is 0 Å². The summed E-state index contributed by atoms with van der Waals surface area (Å²) in [6.45, 7) is 7.89. The zero-order chi connectivity index (χ0) is 13.8. The van der Waals surface area contributed by atoms with Gasteiger partial charge in [-0.1, -0.05) is 6.92 Å². The van der Waals surface area contributed by atoms with Crippen LogP contribution in [0.4, 0.5) is 5.69 Å². The number of aliphatic hydroxyl groups is 1. The molecule has 18 heavy (non-hydrogen) atoms. The SMILES string of the molecule is CCN(Cc1cc(N)ccc1OC)CC(C)(C)O. The number of benzene rings is 1. The van der Waals surface area contributed by atoms with Crippen LogP contribution >= 0.6 is 0 Å². The molecule has 4 heteroatoms. The van der Waals surface area contributed by atoms with E-state index in [4.69, 9.17) is 10.5 Å². The maximum absolute atomic E-state index is 9.88. The van der Waals surface area contributed by atoms with E-state index in [2.05, 4.69) is 11.8 Å². The molecule has 0 aromatic heterocycles. The fourth-order valence-electron chi connectivity index (χ4n) is 1.99. The van der Waals surface area contributed by atoms with Crippen molar-refractivity contribution >= 4 is 5.69 Å². The lowest BCUT2D eigenvalue weighted by Crippen LogP contribution is -2.38. The van der Waals surface area contributed by atoms with Crippen molar-refractivity contribution in [3.8, 4) is 5.75 Å². The first-order valence-electron chi connectivity index (χ1n) is 6.23. The Morgan fingerprint density at radius 1 is 1.39 bits per heavy atom. The van der Waals surface area contributed by atoms with Crippen molar-refractivity contribution in [2.24, 2.45) is 0 Å². The third-order valence-electron chi connectivity index (χ3n) is 2.76. The topological polar surface area (TPSA) is 58.7 Å². The van der Waals surface area contributed by atoms with Gasteiger partial charge in [0, 0.05) is 24.3 Å². The number of likely N-dealkylation sites (N-methyl/N-ethyl adjacent to an activating group) is 1. The molecule has 1 rings (SSSR count). The Balaban J connectivity index is 2.84. The molecule has 102 valence electrons. The standard InChI is InChI=1S/C14H24N2O2/c1-5-16(10-14(2,3)17)9-11-8-12(15)6-7-13(11)18-4/h6-8,17H,5,9-10,15H2,1-4H3. The second kappa shape index (κ2) is 6.07. The van der Waals surface area contributed by atoms with E-state index in [0.29, 0.717) is 13.1 Å². The lowest BCUT2D eigenvalue weighted by molar-refractivity contribution is 0.0351. The zero-order valence-electron chi connectivity index (χ0n) is 11.7. The van der Waals surface area contributed by atoms with Crippen molar-refractivity contribution in [2.45, 2.75) is 32.9 Å². The smallest absolute Gasteiger partial charge is 0.123 e. The van der Waals surface area contributed by atoms with Crippen molar-refractivity contribution in [3.63, 3.8) is 0 Å². The highest BCUT2D eigenvalue weighted by molar-refractivity contribution is 5.47. The Labute approximate surface area is 109 Å². The number of rotatable bonds is 6. The molecule has 1 aromatic carbocycles. The molecule has 0 bridgehead atoms. The maximum Gasteiger partial charge on any atom is 0.123 e. The van der Waals surface area contributed by atoms with Gasteiger partial charge in [0.15, 0.2) is 0 Å². The first-order chi connectivity index (χ1) is 8.35. The van der Waals surface area contributed by atoms with E-state index in [-0.39, 0.29) is 0 Å². The van der Waals surface area contributed by atoms with E-state index in [1.165, 1.54) is 0 Å². The van der Waals surface area contributed by atoms with Crippen molar-refractivity contribution in [1.29, 1.82) is 0 Å². The van der Waals surface area contributed by atoms with E-state index < -0.39 is 5.60 Å². The van der Waals surface area contributed by atoms with Gasteiger partial charge in [0.05, 0.1) is 12.7 Å². The highest BCUT2D eigenvalue weighted by atomic mass is 16.5. The van der Waals surface area contributed by atoms with Gasteiger partial charge in [-0.3, -0.25) is 4.90 Å². The third kappa shape index (κ3) is 4.55. The maximum atomic E-state index is 9.88. The lowest BCUT2D eigenvalue weighted by atomic mass is 10.1. The lowest BCUT2D eigenvalue weighted by Gasteiger charge is -2.28. The molecule has 0 atom stereocenters. The normalized spacial score (nSPS) is 11.9. The van der Waals surface area contributed by atoms with Crippen LogP contribution in [0.5, 0.6) is 5.75 Å². The average molecular weight is 252 g/mol. The number of anilines is 1. The van der Waals surface area contributed by atoms with Gasteiger partial charge in [-0.05, 0) is 38.6 Å². The van der Waals surface area contributed by atoms with Gasteiger partial charge in [-0.25, -0.2) is 0 Å². The highest BCUT2D eigenvalue weighted by Crippen LogP contribution is 2.23. The molecular weight excluding hydrogens is 228 g/mol. The largest absolute Gasteiger partial charge is 0.496 e. The van der Waals surface area contributed by atoms with E-state index >= 15 is 0 Å². The number of ether oxygens (including phenoxy) is 1. The van der Waals surface area contributed by atoms with Crippen LogP contribution < -0.4 is 10.5 Å². The van der Waals surface area contributed by atoms with Crippen LogP contribution in [0.15, 0.2) is 18.2 Å². The van der Waals surface area contributed by atoms with Gasteiger partial charge in [0.25, 0.3) is 0 Å². The van der Waals surface area contributed by atoms with Gasteiger partial charge in [0.2, 0.25) is 0 Å². The molecule has 0 saturated heterocycles. The van der Waals surface area contributed by atoms with Gasteiger partial charge in [-0.15, -0.1) is 0 Å². The molecule has 0 aliphatic rings. The predicted octanol–water partition coefficient (Wildman–Crippen LogP) is 1.87. The minimum Gasteiger partial charge on any atom is -0.496 e. The van der Waals surface area contributed by atoms with Crippen LogP contribution in [0.3, 0.4) is 0 Å². The summed E-state index contributed by atoms with van der Waals surface area (Å²) in [5.74, 6) is 0.832. The molecule has 0 unspecified atom stereocenters. The fraction of sp³-hybridized carbons (Fsp3) is 0.571. The number of hydrogen-bond acceptors (Lipinski definition) is 4. The summed E-state index contributed by atoms with van der Waals surface area (Å²) < 4.78 is 5.33. The Morgan fingerprint density at radius 2 is 2.06 bits per heavy atom. The first-order valence-corrected chi connectivity index (χ1v) is 6.23. The molecule has 4 nitrogen and oxygen atoms in total. The van der Waals surface area contributed by atoms with Crippen LogP contribution in [0.2, 0.25) is 0 Å². The summed E-state index contributed by atoms with van der Waals surface area (Å²) in [7, 11) is 1.65. The molecule has 0 radical (unpaired) electrons. The average Bonchev–Trinajstić information content (AvgIpc) is 2.26. The number of nitrogens with two attached hydrogens (primary N) is 1. The second-order valence-electron chi connectivity index (χ2n) is 5.19. The molecular formula is C14H24N2O2. The van der Waals surface area contributed by atoms with Gasteiger partial charge in [0.1, 0.15) is 5.75 Å². The van der Waals surface area contributed by atoms with Gasteiger partial charge < -0.3 is 15.6 Å². The molecule has 0 spiro atoms. The summed E-state index contributed by atoms with van der Waals surface area (Å²) in [5, 5.41) is 9.88. The van der Waals surface area contributed by atoms with E-state index in [0.717, 1.165) is 23.5 Å². The second-order valence-corrected chi connectivity index (χ2v) is 5.19. The van der Waals surface area contributed by atoms with Gasteiger partial charge >= 0.3 is 0 Å². The van der Waals surface area contributed by atoms with E-state index in [1.54, 1.807) is 7.11 Å². The predicted molar refractivity (Wildman–Crippen MR) is 74.7 cm³/mol. The summed E-state index contributed by atoms with van der Waals surface area (Å²) in [6, 6.07) is 5.63. The fourth-order valence-corrected chi connectivity index (χ4v) is 1.99. The summed E-state index contributed by atoms with van der Waals surface area (Å²) >= 11 is 0. The number of hydrogen-bond donors (Lipinski definition) is 2. The monoisotopic (exact) mass is 252 g/mol. The minimum atomic E-state index is -0.705. The van der Waals surface area contributed by atoms with Crippen LogP contribution in [-0.4, -0.2) is 35.8 Å². The summed E-state index contributed by atoms with van der Waals surface area (Å²) in [4.78, 5) is 2.16. The zero-order valence-corrected chi connectivity index (χ0v) is 11.7. The highest BCUT2D eigenvalue weighted by Gasteiger charge is 2.18. The molecule has 0 aliphatic carbocycles. The summed E-state index contributed by atoms with van der Waals surface area (Å²) in [5.41, 5.74) is 6.87. The Morgan fingerprint density at radius 3 is 2.56 bits per heavy atom. The molecule has 0 amide bonds. The summed E-state index contributed by atoms with van der Waals surface area (Å²) in [6.07, 6.45) is 0. The number of nitrogen functional groups attached to an aromatic ring is 1. The van der Waals surface area contributed by atoms with Crippen LogP contribution in [0, 0.1) is 0 Å². The van der Waals surface area contributed by atoms with Crippen LogP contribution in [0.1, 0.15) is 26.3 Å². The van der Waals surface area contributed by atoms with Crippen LogP contribution in [0.25, 0.3) is 0 Å². The van der Waals surface area contributed by atoms with Crippen molar-refractivity contribution in [2.75, 3.05) is 25.9 Å². The molecule has 1 aromatic rings. The first kappa shape index (κ1) is 14.8. The van der Waals surface area contributed by atoms with Crippen molar-refractivity contribution in [1.82, 2.24) is 4.90 Å². The van der Waals surface area contributed by atoms with Crippen molar-refractivity contribution < 1.29 is 9.84 Å².